The summed E-state index contributed by atoms with van der Waals surface area (Å²) in [7, 11) is -17.1. The molecule has 634 valence electrons. The minimum Gasteiger partial charge on any atom is -0.394 e. The van der Waals surface area contributed by atoms with Crippen LogP contribution in [-0.2, 0) is 90.2 Å². The molecule has 20 N–H and O–H groups in total. The summed E-state index contributed by atoms with van der Waals surface area (Å²) in [6.07, 6.45) is -3.98. The van der Waals surface area contributed by atoms with Crippen LogP contribution in [0.4, 0.5) is 4.79 Å². The van der Waals surface area contributed by atoms with E-state index in [1.165, 1.54) is 65.1 Å². The van der Waals surface area contributed by atoms with Crippen LogP contribution in [0.15, 0.2) is 160 Å². The Bertz CT molecular complexity index is 4180. The number of Topliss-reactive ketones (excluding diaryl/α,β-unsaturated/α-hetero) is 2. The maximum absolute atomic E-state index is 12.3. The van der Waals surface area contributed by atoms with Crippen molar-refractivity contribution in [2.75, 3.05) is 26.4 Å². The molecule has 44 heteroatoms. The van der Waals surface area contributed by atoms with Crippen molar-refractivity contribution in [3.8, 4) is 11.8 Å². The maximum atomic E-state index is 12.3. The molecule has 22 atom stereocenters. The second kappa shape index (κ2) is 43.5. The van der Waals surface area contributed by atoms with Crippen molar-refractivity contribution >= 4 is 105 Å². The number of amides is 5. The van der Waals surface area contributed by atoms with Crippen LogP contribution in [0.25, 0.3) is 0 Å². The Morgan fingerprint density at radius 3 is 1.37 bits per heavy atom. The molecule has 0 spiro atoms. The van der Waals surface area contributed by atoms with Crippen molar-refractivity contribution < 1.29 is 171 Å². The number of carbonyl (C=O) groups is 6. The number of hydrogen-bond donors (Lipinski definition) is 18. The van der Waals surface area contributed by atoms with Crippen LogP contribution in [-0.4, -0.2) is 273 Å². The molecule has 0 radical (unpaired) electrons. The SMILES string of the molecule is CC(=O)CC#CC1=CN(C2OC(CO)C(O)C2O)C(=O)CC1N.CC(C)=O.NC1CC(=O)N(C2OC(CO)C(O)C2O)C=C1I.O=C1CC2CC=CC2=CN1C1OC(CO)C(O)C1O.O=C1NC2CC=CC2=CN1C1OC(COP(=O)(O)OP(=O)(O)OP(=O)(O)O)C(O)C1O.[Pd].c1ccc(P(c2ccccc2)c2ccccc2)cc1. The van der Waals surface area contributed by atoms with Crippen LogP contribution in [0.3, 0.4) is 0 Å². The summed E-state index contributed by atoms with van der Waals surface area (Å²) in [6, 6.07) is 30.5. The molecule has 22 unspecified atom stereocenters. The first-order chi connectivity index (χ1) is 53.8. The van der Waals surface area contributed by atoms with Crippen LogP contribution >= 0.6 is 54.0 Å². The summed E-state index contributed by atoms with van der Waals surface area (Å²) in [5, 5.41) is 113. The largest absolute Gasteiger partial charge is 0.490 e. The summed E-state index contributed by atoms with van der Waals surface area (Å²) < 4.78 is 67.3. The zero-order valence-electron chi connectivity index (χ0n) is 61.6. The number of benzene rings is 3. The Hall–Kier alpha value is -5.77. The van der Waals surface area contributed by atoms with Gasteiger partial charge < -0.3 is 116 Å². The van der Waals surface area contributed by atoms with Gasteiger partial charge in [0.2, 0.25) is 17.7 Å². The van der Waals surface area contributed by atoms with Gasteiger partial charge in [0.1, 0.15) is 84.8 Å². The van der Waals surface area contributed by atoms with Gasteiger partial charge in [-0.25, -0.2) is 18.5 Å². The van der Waals surface area contributed by atoms with E-state index >= 15 is 0 Å². The van der Waals surface area contributed by atoms with Gasteiger partial charge in [0, 0.05) is 85.7 Å². The number of ether oxygens (including phenoxy) is 4. The summed E-state index contributed by atoms with van der Waals surface area (Å²) in [4.78, 5) is 109. The number of fused-ring (bicyclic) bond motifs is 2. The number of allylic oxidation sites excluding steroid dienone is 3. The fourth-order valence-electron chi connectivity index (χ4n) is 12.6. The average molecular weight is 1900 g/mol. The number of ketones is 2. The molecular weight excluding hydrogens is 1800 g/mol. The van der Waals surface area contributed by atoms with Crippen molar-refractivity contribution in [2.45, 2.75) is 176 Å². The molecule has 8 aliphatic heterocycles. The van der Waals surface area contributed by atoms with Gasteiger partial charge in [0.25, 0.3) is 0 Å². The van der Waals surface area contributed by atoms with Gasteiger partial charge in [0.05, 0.1) is 38.9 Å². The quantitative estimate of drug-likeness (QED) is 0.0292. The van der Waals surface area contributed by atoms with Gasteiger partial charge in [-0.2, -0.15) is 8.62 Å². The molecule has 38 nitrogen and oxygen atoms in total. The Morgan fingerprint density at radius 2 is 0.930 bits per heavy atom. The number of phosphoric ester groups is 1. The number of aliphatic hydroxyl groups is 11. The van der Waals surface area contributed by atoms with E-state index in [1.54, 1.807) is 12.3 Å². The van der Waals surface area contributed by atoms with Crippen LogP contribution in [0, 0.1) is 17.8 Å². The number of urea groups is 1. The van der Waals surface area contributed by atoms with Gasteiger partial charge in [-0.3, -0.25) is 43.3 Å². The molecule has 0 aromatic heterocycles. The molecule has 13 rings (SSSR count). The third kappa shape index (κ3) is 26.1. The van der Waals surface area contributed by atoms with E-state index in [2.05, 4.69) is 121 Å². The smallest absolute Gasteiger partial charge is 0.394 e. The first-order valence-electron chi connectivity index (χ1n) is 35.2. The van der Waals surface area contributed by atoms with Crippen molar-refractivity contribution in [2.24, 2.45) is 17.4 Å². The zero-order valence-corrected chi connectivity index (χ0v) is 68.9. The van der Waals surface area contributed by atoms with E-state index in [-0.39, 0.29) is 87.0 Å². The number of halogens is 1. The molecule has 4 fully saturated rings. The number of carbonyl (C=O) groups excluding carboxylic acids is 6. The minimum atomic E-state index is -5.71. The summed E-state index contributed by atoms with van der Waals surface area (Å²) in [5.74, 6) is 4.93. The molecule has 8 heterocycles. The van der Waals surface area contributed by atoms with Crippen molar-refractivity contribution in [3.63, 3.8) is 0 Å². The van der Waals surface area contributed by atoms with Gasteiger partial charge >= 0.3 is 29.5 Å². The monoisotopic (exact) mass is 1900 g/mol. The maximum Gasteiger partial charge on any atom is 0.490 e. The van der Waals surface area contributed by atoms with Crippen LogP contribution in [0.2, 0.25) is 0 Å². The molecule has 5 amide bonds. The molecule has 115 heavy (non-hydrogen) atoms. The van der Waals surface area contributed by atoms with E-state index in [4.69, 9.17) is 60.4 Å². The summed E-state index contributed by atoms with van der Waals surface area (Å²) in [6.45, 7) is 2.20. The number of phosphoric acid groups is 3. The van der Waals surface area contributed by atoms with Crippen LogP contribution < -0.4 is 32.7 Å². The molecule has 3 aromatic carbocycles. The normalized spacial score (nSPS) is 31.4. The second-order valence-corrected chi connectivity index (χ2v) is 34.9. The van der Waals surface area contributed by atoms with E-state index in [0.29, 0.717) is 18.4 Å². The van der Waals surface area contributed by atoms with Crippen molar-refractivity contribution in [1.82, 2.24) is 24.9 Å². The summed E-state index contributed by atoms with van der Waals surface area (Å²) in [5.41, 5.74) is 13.8. The van der Waals surface area contributed by atoms with Gasteiger partial charge in [-0.1, -0.05) is 127 Å². The molecular formula is C71H92IN7O31P4Pd. The Balaban J connectivity index is 0.000000199. The number of aliphatic hydroxyl groups excluding tert-OH is 11. The summed E-state index contributed by atoms with van der Waals surface area (Å²) >= 11 is 2.01. The van der Waals surface area contributed by atoms with Crippen LogP contribution in [0.1, 0.15) is 59.3 Å². The first kappa shape index (κ1) is 96.4. The molecule has 2 aliphatic carbocycles. The number of nitrogens with two attached hydrogens (primary N) is 2. The van der Waals surface area contributed by atoms with Crippen molar-refractivity contribution in [1.29, 1.82) is 0 Å². The van der Waals surface area contributed by atoms with E-state index < -0.39 is 168 Å². The standard InChI is InChI=1S/C18H15P.C15H20N2O6.C13H17NO5.C12H19N2O14P3.C10H15IN2O5.C3H6O.Pd/c1-4-10-16(11-5-1)19(17-12-6-2-7-13-17)18-14-8-3-9-15-18;1-8(19)3-2-4-9-6-17(12(20)5-10(9)16)15-14(22)13(21)11(7-18)23-15;15-6-9-11(17)12(18)13(19-9)14-5-8-3-1-2-7(8)4-10(14)16;15-9-8(5-25-30(21,22)28-31(23,24)27-29(18,19)20)26-11(10(9)16)14-4-6-2-1-3-7(6)13-12(14)17;11-4-2-13(7(15)1-5(4)12)10-9(17)8(16)6(3-14)18-10;1-3(2)4;/h1-15H;6,10-11,13-15,18,21-22H,3,5,7,16H2,1H3;1,3,5,7,9,11-13,15,17-18H,2,4,6H2;1-2,4,7-11,15-16H,3,5H2,(H,13,17)(H,21,22)(H,23,24)(H2,18,19,20);2,5-6,8-10,14,16-17H,1,3,12H2;1-2H3;. The van der Waals surface area contributed by atoms with E-state index in [9.17, 15) is 88.2 Å². The number of nitrogens with one attached hydrogen (secondary N) is 1. The molecule has 0 saturated carbocycles. The minimum absolute atomic E-state index is 0. The van der Waals surface area contributed by atoms with E-state index in [1.807, 2.05) is 40.8 Å². The van der Waals surface area contributed by atoms with Crippen molar-refractivity contribution in [3.05, 3.63) is 160 Å². The third-order valence-electron chi connectivity index (χ3n) is 18.2. The van der Waals surface area contributed by atoms with Gasteiger partial charge in [-0.05, 0) is 97.1 Å². The first-order valence-corrected chi connectivity index (χ1v) is 42.2. The third-order valence-corrected chi connectivity index (χ3v) is 25.5. The van der Waals surface area contributed by atoms with E-state index in [0.717, 1.165) is 30.9 Å². The Kier molecular flexibility index (Phi) is 36.4. The predicted octanol–water partition coefficient (Wildman–Crippen LogP) is -1.72. The van der Waals surface area contributed by atoms with Crippen LogP contribution in [0.5, 0.6) is 0 Å². The average Bonchev–Trinajstić information content (AvgIpc) is 1.68. The molecule has 4 saturated heterocycles. The number of rotatable bonds is 18. The fraction of sp³-hybridized carbons (Fsp3) is 0.465. The zero-order chi connectivity index (χ0) is 83.8. The Morgan fingerprint density at radius 1 is 0.539 bits per heavy atom. The second-order valence-electron chi connectivity index (χ2n) is 27.0. The molecule has 3 aromatic rings. The fourth-order valence-corrected chi connectivity index (χ4v) is 18.4. The Labute approximate surface area is 688 Å². The van der Waals surface area contributed by atoms with Gasteiger partial charge in [-0.15, -0.1) is 0 Å². The molecule has 0 bridgehead atoms. The predicted molar refractivity (Wildman–Crippen MR) is 410 cm³/mol. The topological polar surface area (TPSA) is 599 Å². The molecule has 10 aliphatic rings. The number of hydrogen-bond acceptors (Lipinski definition) is 29. The van der Waals surface area contributed by atoms with Gasteiger partial charge in [0.15, 0.2) is 24.9 Å². The number of nitrogens with zero attached hydrogens (tertiary/aromatic N) is 4.